The summed E-state index contributed by atoms with van der Waals surface area (Å²) in [5, 5.41) is 3.78. The van der Waals surface area contributed by atoms with Gasteiger partial charge in [0.1, 0.15) is 5.82 Å². The second-order valence-corrected chi connectivity index (χ2v) is 8.17. The Balaban J connectivity index is 1.25. The number of imide groups is 1. The molecule has 3 aromatic rings. The number of fused-ring (bicyclic) bond motifs is 1. The molecular formula is C24H20FN3O6. The minimum absolute atomic E-state index is 0.0273. The molecule has 0 aliphatic carbocycles. The highest BCUT2D eigenvalue weighted by Crippen LogP contribution is 2.26. The summed E-state index contributed by atoms with van der Waals surface area (Å²) >= 11 is 0. The van der Waals surface area contributed by atoms with Gasteiger partial charge in [-0.25, -0.2) is 9.18 Å². The van der Waals surface area contributed by atoms with Gasteiger partial charge in [0.15, 0.2) is 6.61 Å². The zero-order chi connectivity index (χ0) is 23.8. The van der Waals surface area contributed by atoms with Gasteiger partial charge in [-0.2, -0.15) is 4.98 Å². The Labute approximate surface area is 193 Å². The number of carbonyl (C=O) groups is 3. The SMILES string of the molecule is Cc1ccc(-c2noc(COC(=O)c3ccc4c(c3)C(=O)N(C[C@@H]3CCCO3)C4=O)n2)cc1F. The van der Waals surface area contributed by atoms with E-state index in [-0.39, 0.29) is 47.7 Å². The highest BCUT2D eigenvalue weighted by molar-refractivity contribution is 6.22. The zero-order valence-electron chi connectivity index (χ0n) is 18.2. The van der Waals surface area contributed by atoms with Gasteiger partial charge in [-0.1, -0.05) is 17.3 Å². The number of aromatic nitrogens is 2. The van der Waals surface area contributed by atoms with E-state index in [1.807, 2.05) is 0 Å². The van der Waals surface area contributed by atoms with Crippen LogP contribution in [0.5, 0.6) is 0 Å². The van der Waals surface area contributed by atoms with Gasteiger partial charge in [0.2, 0.25) is 5.82 Å². The van der Waals surface area contributed by atoms with Crippen LogP contribution in [0.25, 0.3) is 11.4 Å². The predicted molar refractivity (Wildman–Crippen MR) is 114 cm³/mol. The maximum Gasteiger partial charge on any atom is 0.338 e. The van der Waals surface area contributed by atoms with E-state index in [2.05, 4.69) is 10.1 Å². The van der Waals surface area contributed by atoms with Crippen molar-refractivity contribution in [2.75, 3.05) is 13.2 Å². The lowest BCUT2D eigenvalue weighted by molar-refractivity contribution is 0.0429. The van der Waals surface area contributed by atoms with E-state index in [9.17, 15) is 18.8 Å². The molecular weight excluding hydrogens is 445 g/mol. The molecule has 9 nitrogen and oxygen atoms in total. The first kappa shape index (κ1) is 21.9. The maximum atomic E-state index is 13.8. The van der Waals surface area contributed by atoms with Gasteiger partial charge in [-0.05, 0) is 49.6 Å². The fourth-order valence-electron chi connectivity index (χ4n) is 3.95. The number of amides is 2. The number of benzene rings is 2. The molecule has 2 aliphatic heterocycles. The minimum Gasteiger partial charge on any atom is -0.452 e. The van der Waals surface area contributed by atoms with Crippen molar-refractivity contribution in [1.29, 1.82) is 0 Å². The molecule has 0 bridgehead atoms. The Bertz CT molecular complexity index is 1300. The molecule has 0 saturated carbocycles. The van der Waals surface area contributed by atoms with Crippen LogP contribution in [0.4, 0.5) is 4.39 Å². The molecule has 0 spiro atoms. The van der Waals surface area contributed by atoms with E-state index in [0.29, 0.717) is 17.7 Å². The molecule has 2 aliphatic rings. The third kappa shape index (κ3) is 4.08. The lowest BCUT2D eigenvalue weighted by atomic mass is 10.1. The van der Waals surface area contributed by atoms with Gasteiger partial charge in [-0.15, -0.1) is 0 Å². The van der Waals surface area contributed by atoms with Crippen LogP contribution in [0.15, 0.2) is 40.9 Å². The van der Waals surface area contributed by atoms with Crippen molar-refractivity contribution in [2.24, 2.45) is 0 Å². The average molecular weight is 465 g/mol. The molecule has 1 saturated heterocycles. The zero-order valence-corrected chi connectivity index (χ0v) is 18.2. The average Bonchev–Trinajstić information content (AvgIpc) is 3.57. The number of hydrogen-bond acceptors (Lipinski definition) is 8. The Hall–Kier alpha value is -3.92. The molecule has 1 fully saturated rings. The van der Waals surface area contributed by atoms with Crippen LogP contribution in [0, 0.1) is 12.7 Å². The molecule has 5 rings (SSSR count). The quantitative estimate of drug-likeness (QED) is 0.403. The van der Waals surface area contributed by atoms with Crippen molar-refractivity contribution in [3.63, 3.8) is 0 Å². The minimum atomic E-state index is -0.721. The highest BCUT2D eigenvalue weighted by atomic mass is 19.1. The van der Waals surface area contributed by atoms with Gasteiger partial charge >= 0.3 is 5.97 Å². The smallest absolute Gasteiger partial charge is 0.338 e. The van der Waals surface area contributed by atoms with Crippen molar-refractivity contribution in [2.45, 2.75) is 32.5 Å². The second kappa shape index (κ2) is 8.79. The van der Waals surface area contributed by atoms with Crippen molar-refractivity contribution < 1.29 is 32.8 Å². The molecule has 2 aromatic carbocycles. The van der Waals surface area contributed by atoms with Crippen LogP contribution in [0.3, 0.4) is 0 Å². The summed E-state index contributed by atoms with van der Waals surface area (Å²) in [5.41, 5.74) is 1.43. The van der Waals surface area contributed by atoms with Crippen LogP contribution < -0.4 is 0 Å². The Morgan fingerprint density at radius 1 is 1.18 bits per heavy atom. The number of rotatable bonds is 6. The fourth-order valence-corrected chi connectivity index (χ4v) is 3.95. The van der Waals surface area contributed by atoms with Gasteiger partial charge in [0.25, 0.3) is 17.7 Å². The second-order valence-electron chi connectivity index (χ2n) is 8.17. The Morgan fingerprint density at radius 3 is 2.76 bits per heavy atom. The molecule has 0 N–H and O–H groups in total. The Kier molecular flexibility index (Phi) is 5.66. The topological polar surface area (TPSA) is 112 Å². The number of aryl methyl sites for hydroxylation is 1. The maximum absolute atomic E-state index is 13.8. The predicted octanol–water partition coefficient (Wildman–Crippen LogP) is 3.32. The number of carbonyl (C=O) groups excluding carboxylic acids is 3. The highest BCUT2D eigenvalue weighted by Gasteiger charge is 2.38. The molecule has 0 unspecified atom stereocenters. The number of halogens is 1. The molecule has 174 valence electrons. The van der Waals surface area contributed by atoms with Crippen LogP contribution >= 0.6 is 0 Å². The lowest BCUT2D eigenvalue weighted by Crippen LogP contribution is -2.36. The van der Waals surface area contributed by atoms with Gasteiger partial charge in [0, 0.05) is 12.2 Å². The summed E-state index contributed by atoms with van der Waals surface area (Å²) in [6.45, 7) is 2.14. The standard InChI is InChI=1S/C24H20FN3O6/c1-13-4-5-14(10-19(13)25)21-26-20(34-27-21)12-33-24(31)15-6-7-17-18(9-15)23(30)28(22(17)29)11-16-3-2-8-32-16/h4-7,9-10,16H,2-3,8,11-12H2,1H3/t16-/m0/s1. The molecule has 3 heterocycles. The normalized spacial score (nSPS) is 17.4. The van der Waals surface area contributed by atoms with E-state index < -0.39 is 23.6 Å². The summed E-state index contributed by atoms with van der Waals surface area (Å²) < 4.78 is 29.6. The van der Waals surface area contributed by atoms with E-state index in [1.54, 1.807) is 19.1 Å². The first-order valence-corrected chi connectivity index (χ1v) is 10.8. The monoisotopic (exact) mass is 465 g/mol. The van der Waals surface area contributed by atoms with E-state index >= 15 is 0 Å². The lowest BCUT2D eigenvalue weighted by Gasteiger charge is -2.17. The van der Waals surface area contributed by atoms with Crippen LogP contribution in [0.1, 0.15) is 55.4 Å². The molecule has 0 radical (unpaired) electrons. The summed E-state index contributed by atoms with van der Waals surface area (Å²) in [6, 6.07) is 8.77. The van der Waals surface area contributed by atoms with E-state index in [1.165, 1.54) is 24.3 Å². The van der Waals surface area contributed by atoms with Crippen LogP contribution in [0.2, 0.25) is 0 Å². The molecule has 34 heavy (non-hydrogen) atoms. The fraction of sp³-hybridized carbons (Fsp3) is 0.292. The third-order valence-corrected chi connectivity index (χ3v) is 5.84. The van der Waals surface area contributed by atoms with Crippen molar-refractivity contribution in [3.8, 4) is 11.4 Å². The molecule has 2 amide bonds. The van der Waals surface area contributed by atoms with E-state index in [0.717, 1.165) is 17.7 Å². The summed E-state index contributed by atoms with van der Waals surface area (Å²) in [5.74, 6) is -1.79. The van der Waals surface area contributed by atoms with Gasteiger partial charge < -0.3 is 14.0 Å². The summed E-state index contributed by atoms with van der Waals surface area (Å²) in [7, 11) is 0. The van der Waals surface area contributed by atoms with Crippen molar-refractivity contribution >= 4 is 17.8 Å². The molecule has 1 atom stereocenters. The van der Waals surface area contributed by atoms with Gasteiger partial charge in [0.05, 0.1) is 29.3 Å². The number of ether oxygens (including phenoxy) is 2. The summed E-state index contributed by atoms with van der Waals surface area (Å²) in [6.07, 6.45) is 1.52. The first-order valence-electron chi connectivity index (χ1n) is 10.8. The first-order chi connectivity index (χ1) is 16.4. The van der Waals surface area contributed by atoms with E-state index in [4.69, 9.17) is 14.0 Å². The number of hydrogen-bond donors (Lipinski definition) is 0. The molecule has 10 heteroatoms. The van der Waals surface area contributed by atoms with Gasteiger partial charge in [-0.3, -0.25) is 14.5 Å². The van der Waals surface area contributed by atoms with Crippen molar-refractivity contribution in [3.05, 3.63) is 70.4 Å². The number of nitrogens with zero attached hydrogens (tertiary/aromatic N) is 3. The van der Waals surface area contributed by atoms with Crippen LogP contribution in [-0.4, -0.2) is 52.1 Å². The van der Waals surface area contributed by atoms with Crippen LogP contribution in [-0.2, 0) is 16.1 Å². The van der Waals surface area contributed by atoms with Crippen molar-refractivity contribution in [1.82, 2.24) is 15.0 Å². The largest absolute Gasteiger partial charge is 0.452 e. The Morgan fingerprint density at radius 2 is 2.00 bits per heavy atom. The third-order valence-electron chi connectivity index (χ3n) is 5.84. The summed E-state index contributed by atoms with van der Waals surface area (Å²) in [4.78, 5) is 43.2. The molecule has 1 aromatic heterocycles. The number of esters is 1.